The van der Waals surface area contributed by atoms with Crippen molar-refractivity contribution in [1.82, 2.24) is 10.2 Å². The minimum absolute atomic E-state index is 0.0253. The molecule has 114 valence electrons. The van der Waals surface area contributed by atoms with Gasteiger partial charge >= 0.3 is 0 Å². The zero-order valence-corrected chi connectivity index (χ0v) is 12.9. The molecule has 1 aromatic rings. The van der Waals surface area contributed by atoms with Gasteiger partial charge in [0.05, 0.1) is 6.10 Å². The van der Waals surface area contributed by atoms with Crippen molar-refractivity contribution in [3.8, 4) is 0 Å². The van der Waals surface area contributed by atoms with Crippen molar-refractivity contribution in [3.63, 3.8) is 0 Å². The maximum atomic E-state index is 12.9. The summed E-state index contributed by atoms with van der Waals surface area (Å²) in [5.41, 5.74) is 0.755. The molecule has 0 heterocycles. The normalized spacial score (nSPS) is 14.8. The van der Waals surface area contributed by atoms with Crippen molar-refractivity contribution in [2.45, 2.75) is 32.4 Å². The number of aliphatic hydroxyl groups excluding tert-OH is 1. The summed E-state index contributed by atoms with van der Waals surface area (Å²) in [6.45, 7) is 6.04. The lowest BCUT2D eigenvalue weighted by Crippen LogP contribution is -2.40. The fourth-order valence-electron chi connectivity index (χ4n) is 2.24. The topological polar surface area (TPSA) is 35.5 Å². The molecule has 0 aliphatic heterocycles. The van der Waals surface area contributed by atoms with E-state index in [0.717, 1.165) is 25.1 Å². The van der Waals surface area contributed by atoms with Crippen LogP contribution in [0.4, 0.5) is 4.39 Å². The molecule has 2 N–H and O–H groups in total. The summed E-state index contributed by atoms with van der Waals surface area (Å²) in [7, 11) is 4.10. The molecule has 3 nitrogen and oxygen atoms in total. The van der Waals surface area contributed by atoms with Crippen LogP contribution in [0.1, 0.15) is 31.9 Å². The van der Waals surface area contributed by atoms with Crippen LogP contribution < -0.4 is 5.32 Å². The number of nitrogens with zero attached hydrogens (tertiary/aromatic N) is 1. The molecule has 0 aliphatic rings. The lowest BCUT2D eigenvalue weighted by atomic mass is 9.93. The molecule has 20 heavy (non-hydrogen) atoms. The van der Waals surface area contributed by atoms with E-state index in [-0.39, 0.29) is 11.9 Å². The number of aliphatic hydroxyl groups is 1. The zero-order chi connectivity index (χ0) is 15.1. The predicted octanol–water partition coefficient (Wildman–Crippen LogP) is 2.43. The van der Waals surface area contributed by atoms with Crippen LogP contribution in [0.2, 0.25) is 0 Å². The van der Waals surface area contributed by atoms with Gasteiger partial charge in [-0.1, -0.05) is 26.0 Å². The standard InChI is InChI=1S/C16H27FN2O/c1-12(2)15(18-10-5-11-19(3)4)16(20)13-6-8-14(17)9-7-13/h6-9,12,15-16,18,20H,5,10-11H2,1-4H3. The Morgan fingerprint density at radius 2 is 1.80 bits per heavy atom. The van der Waals surface area contributed by atoms with Crippen LogP contribution in [0.15, 0.2) is 24.3 Å². The fourth-order valence-corrected chi connectivity index (χ4v) is 2.24. The summed E-state index contributed by atoms with van der Waals surface area (Å²) < 4.78 is 12.9. The summed E-state index contributed by atoms with van der Waals surface area (Å²) in [5.74, 6) is 0.0235. The van der Waals surface area contributed by atoms with E-state index in [0.29, 0.717) is 5.92 Å². The van der Waals surface area contributed by atoms with Crippen molar-refractivity contribution in [3.05, 3.63) is 35.6 Å². The highest BCUT2D eigenvalue weighted by molar-refractivity contribution is 5.20. The third-order valence-electron chi connectivity index (χ3n) is 3.43. The maximum absolute atomic E-state index is 12.9. The van der Waals surface area contributed by atoms with Crippen molar-refractivity contribution in [2.24, 2.45) is 5.92 Å². The molecule has 4 heteroatoms. The van der Waals surface area contributed by atoms with Crippen LogP contribution in [-0.2, 0) is 0 Å². The molecule has 1 rings (SSSR count). The second-order valence-corrected chi connectivity index (χ2v) is 5.88. The van der Waals surface area contributed by atoms with Gasteiger partial charge in [0.2, 0.25) is 0 Å². The smallest absolute Gasteiger partial charge is 0.123 e. The van der Waals surface area contributed by atoms with E-state index in [1.807, 2.05) is 14.1 Å². The number of hydrogen-bond donors (Lipinski definition) is 2. The molecule has 0 saturated carbocycles. The van der Waals surface area contributed by atoms with Gasteiger partial charge in [-0.25, -0.2) is 4.39 Å². The van der Waals surface area contributed by atoms with E-state index in [1.54, 1.807) is 12.1 Å². The third-order valence-corrected chi connectivity index (χ3v) is 3.43. The molecule has 2 atom stereocenters. The van der Waals surface area contributed by atoms with Gasteiger partial charge in [0.25, 0.3) is 0 Å². The second-order valence-electron chi connectivity index (χ2n) is 5.88. The predicted molar refractivity (Wildman–Crippen MR) is 81.2 cm³/mol. The summed E-state index contributed by atoms with van der Waals surface area (Å²) in [6, 6.07) is 6.06. The highest BCUT2D eigenvalue weighted by Gasteiger charge is 2.23. The monoisotopic (exact) mass is 282 g/mol. The van der Waals surface area contributed by atoms with Crippen molar-refractivity contribution in [1.29, 1.82) is 0 Å². The molecule has 0 spiro atoms. The Balaban J connectivity index is 2.58. The van der Waals surface area contributed by atoms with Gasteiger partial charge in [0.15, 0.2) is 0 Å². The Bertz CT molecular complexity index is 379. The molecule has 0 fully saturated rings. The van der Waals surface area contributed by atoms with Crippen molar-refractivity contribution in [2.75, 3.05) is 27.2 Å². The first-order valence-electron chi connectivity index (χ1n) is 7.23. The maximum Gasteiger partial charge on any atom is 0.123 e. The Labute approximate surface area is 121 Å². The molecular formula is C16H27FN2O. The Morgan fingerprint density at radius 3 is 2.30 bits per heavy atom. The molecule has 0 bridgehead atoms. The molecule has 0 radical (unpaired) electrons. The van der Waals surface area contributed by atoms with E-state index in [1.165, 1.54) is 12.1 Å². The van der Waals surface area contributed by atoms with E-state index in [2.05, 4.69) is 24.1 Å². The van der Waals surface area contributed by atoms with Gasteiger partial charge < -0.3 is 15.3 Å². The van der Waals surface area contributed by atoms with Crippen molar-refractivity contribution < 1.29 is 9.50 Å². The number of nitrogens with one attached hydrogen (secondary N) is 1. The molecule has 0 saturated heterocycles. The van der Waals surface area contributed by atoms with Gasteiger partial charge in [0.1, 0.15) is 5.82 Å². The summed E-state index contributed by atoms with van der Waals surface area (Å²) in [5, 5.41) is 13.9. The number of hydrogen-bond acceptors (Lipinski definition) is 3. The summed E-state index contributed by atoms with van der Waals surface area (Å²) in [4.78, 5) is 2.14. The quantitative estimate of drug-likeness (QED) is 0.719. The van der Waals surface area contributed by atoms with Crippen LogP contribution in [0.3, 0.4) is 0 Å². The molecule has 1 aromatic carbocycles. The summed E-state index contributed by atoms with van der Waals surface area (Å²) in [6.07, 6.45) is 0.418. The SMILES string of the molecule is CC(C)C(NCCCN(C)C)C(O)c1ccc(F)cc1. The molecule has 2 unspecified atom stereocenters. The number of benzene rings is 1. The van der Waals surface area contributed by atoms with E-state index < -0.39 is 6.10 Å². The van der Waals surface area contributed by atoms with Gasteiger partial charge in [-0.3, -0.25) is 0 Å². The van der Waals surface area contributed by atoms with E-state index in [4.69, 9.17) is 0 Å². The Hall–Kier alpha value is -0.970. The van der Waals surface area contributed by atoms with Crippen LogP contribution in [0.5, 0.6) is 0 Å². The van der Waals surface area contributed by atoms with Gasteiger partial charge in [0, 0.05) is 6.04 Å². The lowest BCUT2D eigenvalue weighted by Gasteiger charge is -2.28. The van der Waals surface area contributed by atoms with Gasteiger partial charge in [-0.2, -0.15) is 0 Å². The highest BCUT2D eigenvalue weighted by atomic mass is 19.1. The molecule has 0 aliphatic carbocycles. The molecule has 0 amide bonds. The van der Waals surface area contributed by atoms with Gasteiger partial charge in [-0.05, 0) is 57.2 Å². The first kappa shape index (κ1) is 17.1. The zero-order valence-electron chi connectivity index (χ0n) is 12.9. The minimum atomic E-state index is -0.616. The first-order chi connectivity index (χ1) is 9.41. The molecular weight excluding hydrogens is 255 g/mol. The van der Waals surface area contributed by atoms with E-state index >= 15 is 0 Å². The number of halogens is 1. The Morgan fingerprint density at radius 1 is 1.20 bits per heavy atom. The largest absolute Gasteiger partial charge is 0.387 e. The van der Waals surface area contributed by atoms with E-state index in [9.17, 15) is 9.50 Å². The fraction of sp³-hybridized carbons (Fsp3) is 0.625. The lowest BCUT2D eigenvalue weighted by molar-refractivity contribution is 0.105. The highest BCUT2D eigenvalue weighted by Crippen LogP contribution is 2.22. The van der Waals surface area contributed by atoms with Crippen molar-refractivity contribution >= 4 is 0 Å². The van der Waals surface area contributed by atoms with Crippen LogP contribution in [-0.4, -0.2) is 43.2 Å². The van der Waals surface area contributed by atoms with Crippen LogP contribution in [0, 0.1) is 11.7 Å². The Kier molecular flexibility index (Phi) is 7.13. The molecule has 0 aromatic heterocycles. The average molecular weight is 282 g/mol. The summed E-state index contributed by atoms with van der Waals surface area (Å²) >= 11 is 0. The average Bonchev–Trinajstić information content (AvgIpc) is 2.38. The third kappa shape index (κ3) is 5.57. The minimum Gasteiger partial charge on any atom is -0.387 e. The van der Waals surface area contributed by atoms with Crippen LogP contribution in [0.25, 0.3) is 0 Å². The van der Waals surface area contributed by atoms with Crippen LogP contribution >= 0.6 is 0 Å². The number of rotatable bonds is 8. The van der Waals surface area contributed by atoms with Gasteiger partial charge in [-0.15, -0.1) is 0 Å². The second kappa shape index (κ2) is 8.35. The first-order valence-corrected chi connectivity index (χ1v) is 7.23.